The van der Waals surface area contributed by atoms with E-state index in [0.717, 1.165) is 12.0 Å². The second-order valence-electron chi connectivity index (χ2n) is 3.29. The van der Waals surface area contributed by atoms with E-state index in [2.05, 4.69) is 5.10 Å². The Bertz CT molecular complexity index is 273. The predicted molar refractivity (Wildman–Crippen MR) is 53.9 cm³/mol. The van der Waals surface area contributed by atoms with E-state index in [1.807, 2.05) is 27.1 Å². The van der Waals surface area contributed by atoms with Crippen LogP contribution in [0.4, 0.5) is 0 Å². The van der Waals surface area contributed by atoms with Gasteiger partial charge in [0.25, 0.3) is 0 Å². The number of nitrogens with zero attached hydrogens (tertiary/aromatic N) is 2. The first-order chi connectivity index (χ1) is 6.69. The number of aliphatic hydroxyl groups excluding tert-OH is 1. The van der Waals surface area contributed by atoms with Gasteiger partial charge in [0.1, 0.15) is 6.10 Å². The van der Waals surface area contributed by atoms with Crippen molar-refractivity contribution in [3.8, 4) is 0 Å². The Balaban J connectivity index is 2.66. The standard InChI is InChI=1S/C10H18N2O2/c1-4-9(14-5-2)10(13)8-6-11-12(3)7-8/h6-7,9-10,13H,4-5H2,1-3H3. The van der Waals surface area contributed by atoms with Gasteiger partial charge in [0, 0.05) is 25.4 Å². The van der Waals surface area contributed by atoms with Gasteiger partial charge in [0.2, 0.25) is 0 Å². The maximum atomic E-state index is 9.95. The van der Waals surface area contributed by atoms with Crippen molar-refractivity contribution in [3.63, 3.8) is 0 Å². The van der Waals surface area contributed by atoms with Crippen molar-refractivity contribution in [2.24, 2.45) is 7.05 Å². The van der Waals surface area contributed by atoms with E-state index in [9.17, 15) is 5.11 Å². The normalized spacial score (nSPS) is 15.4. The number of aromatic nitrogens is 2. The smallest absolute Gasteiger partial charge is 0.108 e. The second kappa shape index (κ2) is 5.12. The highest BCUT2D eigenvalue weighted by atomic mass is 16.5. The fourth-order valence-corrected chi connectivity index (χ4v) is 1.45. The molecule has 14 heavy (non-hydrogen) atoms. The summed E-state index contributed by atoms with van der Waals surface area (Å²) in [6, 6.07) is 0. The number of ether oxygens (including phenoxy) is 1. The van der Waals surface area contributed by atoms with Crippen LogP contribution in [0.25, 0.3) is 0 Å². The van der Waals surface area contributed by atoms with Crippen molar-refractivity contribution < 1.29 is 9.84 Å². The van der Waals surface area contributed by atoms with Gasteiger partial charge in [-0.3, -0.25) is 4.68 Å². The Kier molecular flexibility index (Phi) is 4.10. The third-order valence-corrected chi connectivity index (χ3v) is 2.20. The zero-order valence-electron chi connectivity index (χ0n) is 8.97. The van der Waals surface area contributed by atoms with Crippen molar-refractivity contribution in [2.45, 2.75) is 32.5 Å². The fourth-order valence-electron chi connectivity index (χ4n) is 1.45. The summed E-state index contributed by atoms with van der Waals surface area (Å²) >= 11 is 0. The number of hydrogen-bond donors (Lipinski definition) is 1. The van der Waals surface area contributed by atoms with Crippen molar-refractivity contribution in [1.29, 1.82) is 0 Å². The molecule has 80 valence electrons. The summed E-state index contributed by atoms with van der Waals surface area (Å²) in [5, 5.41) is 14.0. The predicted octanol–water partition coefficient (Wildman–Crippen LogP) is 1.27. The fraction of sp³-hybridized carbons (Fsp3) is 0.700. The zero-order valence-corrected chi connectivity index (χ0v) is 8.97. The van der Waals surface area contributed by atoms with Crippen molar-refractivity contribution in [2.75, 3.05) is 6.61 Å². The molecule has 0 fully saturated rings. The van der Waals surface area contributed by atoms with Crippen molar-refractivity contribution in [3.05, 3.63) is 18.0 Å². The number of aliphatic hydroxyl groups is 1. The molecule has 0 bridgehead atoms. The molecule has 1 aromatic rings. The molecule has 0 aliphatic heterocycles. The molecule has 2 unspecified atom stereocenters. The molecule has 1 aromatic heterocycles. The summed E-state index contributed by atoms with van der Waals surface area (Å²) < 4.78 is 7.11. The molecule has 4 nitrogen and oxygen atoms in total. The first-order valence-corrected chi connectivity index (χ1v) is 4.97. The molecule has 0 radical (unpaired) electrons. The Hall–Kier alpha value is -0.870. The summed E-state index contributed by atoms with van der Waals surface area (Å²) in [6.45, 7) is 4.55. The number of aryl methyl sites for hydroxylation is 1. The number of hydrogen-bond acceptors (Lipinski definition) is 3. The van der Waals surface area contributed by atoms with Crippen LogP contribution in [0.3, 0.4) is 0 Å². The lowest BCUT2D eigenvalue weighted by Gasteiger charge is -2.20. The Morgan fingerprint density at radius 3 is 2.71 bits per heavy atom. The van der Waals surface area contributed by atoms with Gasteiger partial charge >= 0.3 is 0 Å². The highest BCUT2D eigenvalue weighted by Gasteiger charge is 2.20. The Morgan fingerprint density at radius 2 is 2.29 bits per heavy atom. The first-order valence-electron chi connectivity index (χ1n) is 4.97. The van der Waals surface area contributed by atoms with Gasteiger partial charge in [-0.25, -0.2) is 0 Å². The van der Waals surface area contributed by atoms with Gasteiger partial charge in [0.05, 0.1) is 12.3 Å². The summed E-state index contributed by atoms with van der Waals surface area (Å²) in [5.74, 6) is 0. The molecule has 2 atom stereocenters. The molecule has 1 rings (SSSR count). The lowest BCUT2D eigenvalue weighted by molar-refractivity contribution is -0.0356. The van der Waals surface area contributed by atoms with Crippen LogP contribution in [-0.4, -0.2) is 27.6 Å². The summed E-state index contributed by atoms with van der Waals surface area (Å²) in [7, 11) is 1.83. The molecule has 4 heteroatoms. The highest BCUT2D eigenvalue weighted by molar-refractivity contribution is 5.09. The van der Waals surface area contributed by atoms with Crippen LogP contribution in [0.1, 0.15) is 31.9 Å². The van der Waals surface area contributed by atoms with Crippen LogP contribution in [-0.2, 0) is 11.8 Å². The van der Waals surface area contributed by atoms with E-state index >= 15 is 0 Å². The van der Waals surface area contributed by atoms with E-state index < -0.39 is 6.10 Å². The van der Waals surface area contributed by atoms with Gasteiger partial charge in [-0.2, -0.15) is 5.10 Å². The average molecular weight is 198 g/mol. The van der Waals surface area contributed by atoms with Crippen LogP contribution in [0, 0.1) is 0 Å². The SMILES string of the molecule is CCOC(CC)C(O)c1cnn(C)c1. The van der Waals surface area contributed by atoms with E-state index in [4.69, 9.17) is 4.74 Å². The summed E-state index contributed by atoms with van der Waals surface area (Å²) in [5.41, 5.74) is 0.813. The third kappa shape index (κ3) is 2.56. The van der Waals surface area contributed by atoms with Crippen molar-refractivity contribution >= 4 is 0 Å². The van der Waals surface area contributed by atoms with Crippen LogP contribution >= 0.6 is 0 Å². The quantitative estimate of drug-likeness (QED) is 0.775. The van der Waals surface area contributed by atoms with Gasteiger partial charge in [-0.05, 0) is 13.3 Å². The molecule has 0 aliphatic carbocycles. The van der Waals surface area contributed by atoms with Crippen LogP contribution in [0.15, 0.2) is 12.4 Å². The van der Waals surface area contributed by atoms with Crippen LogP contribution in [0.2, 0.25) is 0 Å². The van der Waals surface area contributed by atoms with Crippen LogP contribution in [0.5, 0.6) is 0 Å². The molecule has 1 N–H and O–H groups in total. The summed E-state index contributed by atoms with van der Waals surface area (Å²) in [4.78, 5) is 0. The molecule has 0 amide bonds. The van der Waals surface area contributed by atoms with E-state index in [1.54, 1.807) is 10.9 Å². The first kappa shape index (κ1) is 11.2. The molecule has 0 aromatic carbocycles. The molecular weight excluding hydrogens is 180 g/mol. The van der Waals surface area contributed by atoms with Crippen LogP contribution < -0.4 is 0 Å². The van der Waals surface area contributed by atoms with E-state index in [0.29, 0.717) is 6.61 Å². The molecular formula is C10H18N2O2. The molecule has 0 spiro atoms. The minimum atomic E-state index is -0.575. The number of rotatable bonds is 5. The Labute approximate surface area is 84.5 Å². The lowest BCUT2D eigenvalue weighted by Crippen LogP contribution is -2.21. The maximum Gasteiger partial charge on any atom is 0.108 e. The van der Waals surface area contributed by atoms with Crippen molar-refractivity contribution in [1.82, 2.24) is 9.78 Å². The minimum Gasteiger partial charge on any atom is -0.386 e. The minimum absolute atomic E-state index is 0.135. The largest absolute Gasteiger partial charge is 0.386 e. The lowest BCUT2D eigenvalue weighted by atomic mass is 10.1. The molecule has 1 heterocycles. The highest BCUT2D eigenvalue weighted by Crippen LogP contribution is 2.20. The molecule has 0 saturated carbocycles. The average Bonchev–Trinajstić information content (AvgIpc) is 2.60. The molecule has 0 saturated heterocycles. The second-order valence-corrected chi connectivity index (χ2v) is 3.29. The zero-order chi connectivity index (χ0) is 10.6. The van der Waals surface area contributed by atoms with Gasteiger partial charge in [-0.15, -0.1) is 0 Å². The van der Waals surface area contributed by atoms with E-state index in [1.165, 1.54) is 0 Å². The van der Waals surface area contributed by atoms with Gasteiger partial charge in [-0.1, -0.05) is 6.92 Å². The summed E-state index contributed by atoms with van der Waals surface area (Å²) in [6.07, 6.45) is 3.57. The van der Waals surface area contributed by atoms with E-state index in [-0.39, 0.29) is 6.10 Å². The third-order valence-electron chi connectivity index (χ3n) is 2.20. The van der Waals surface area contributed by atoms with Gasteiger partial charge in [0.15, 0.2) is 0 Å². The Morgan fingerprint density at radius 1 is 1.57 bits per heavy atom. The topological polar surface area (TPSA) is 47.3 Å². The van der Waals surface area contributed by atoms with Gasteiger partial charge < -0.3 is 9.84 Å². The monoisotopic (exact) mass is 198 g/mol. The maximum absolute atomic E-state index is 9.95. The molecule has 0 aliphatic rings.